The summed E-state index contributed by atoms with van der Waals surface area (Å²) in [6.07, 6.45) is -0.821. The number of carbonyl (C=O) groups is 1. The Balaban J connectivity index is 1.29. The highest BCUT2D eigenvalue weighted by Gasteiger charge is 2.38. The number of carbonyl (C=O) groups excluding carboxylic acids is 1. The molecule has 1 saturated heterocycles. The van der Waals surface area contributed by atoms with Gasteiger partial charge in [0.15, 0.2) is 6.29 Å². The van der Waals surface area contributed by atoms with E-state index in [1.54, 1.807) is 11.8 Å². The number of aliphatic hydroxyl groups is 2. The number of nitrogens with one attached hydrogen (secondary N) is 2. The average molecular weight is 613 g/mol. The maximum atomic E-state index is 12.4. The van der Waals surface area contributed by atoms with E-state index in [9.17, 15) is 15.0 Å². The highest BCUT2D eigenvalue weighted by Crippen LogP contribution is 2.43. The van der Waals surface area contributed by atoms with Gasteiger partial charge in [0.2, 0.25) is 0 Å². The van der Waals surface area contributed by atoms with Crippen molar-refractivity contribution in [1.82, 2.24) is 10.6 Å². The van der Waals surface area contributed by atoms with E-state index in [4.69, 9.17) is 9.47 Å². The zero-order valence-corrected chi connectivity index (χ0v) is 25.7. The zero-order chi connectivity index (χ0) is 30.7. The molecule has 44 heavy (non-hydrogen) atoms. The predicted octanol–water partition coefficient (Wildman–Crippen LogP) is 6.36. The number of rotatable bonds is 12. The maximum absolute atomic E-state index is 12.4. The Morgan fingerprint density at radius 2 is 1.43 bits per heavy atom. The third kappa shape index (κ3) is 8.49. The number of thioether (sulfide) groups is 1. The zero-order valence-electron chi connectivity index (χ0n) is 24.9. The van der Waals surface area contributed by atoms with Gasteiger partial charge in [-0.1, -0.05) is 97.9 Å². The predicted molar refractivity (Wildman–Crippen MR) is 175 cm³/mol. The van der Waals surface area contributed by atoms with Crippen LogP contribution in [0.2, 0.25) is 0 Å². The fraction of sp³-hybridized carbons (Fsp3) is 0.306. The number of aliphatic hydroxyl groups excluding tert-OH is 2. The van der Waals surface area contributed by atoms with E-state index in [0.29, 0.717) is 18.8 Å². The van der Waals surface area contributed by atoms with Gasteiger partial charge in [0.25, 0.3) is 0 Å². The lowest BCUT2D eigenvalue weighted by molar-refractivity contribution is -0.268. The van der Waals surface area contributed by atoms with Gasteiger partial charge in [0, 0.05) is 36.1 Å². The second kappa shape index (κ2) is 15.9. The second-order valence-corrected chi connectivity index (χ2v) is 12.1. The van der Waals surface area contributed by atoms with Gasteiger partial charge in [-0.25, -0.2) is 4.79 Å². The monoisotopic (exact) mass is 612 g/mol. The Bertz CT molecular complexity index is 1480. The number of urea groups is 1. The summed E-state index contributed by atoms with van der Waals surface area (Å²) in [5.41, 5.74) is 6.93. The molecule has 1 heterocycles. The molecule has 2 amide bonds. The average Bonchev–Trinajstić information content (AvgIpc) is 3.08. The Labute approximate surface area is 263 Å². The summed E-state index contributed by atoms with van der Waals surface area (Å²) in [7, 11) is 0. The first-order valence-electron chi connectivity index (χ1n) is 15.0. The molecule has 5 rings (SSSR count). The third-order valence-corrected chi connectivity index (χ3v) is 8.84. The molecule has 0 saturated carbocycles. The largest absolute Gasteiger partial charge is 0.396 e. The highest BCUT2D eigenvalue weighted by molar-refractivity contribution is 7.99. The van der Waals surface area contributed by atoms with Crippen LogP contribution in [0.1, 0.15) is 47.1 Å². The van der Waals surface area contributed by atoms with Crippen LogP contribution in [0.4, 0.5) is 4.79 Å². The van der Waals surface area contributed by atoms with E-state index in [1.807, 2.05) is 78.9 Å². The fourth-order valence-corrected chi connectivity index (χ4v) is 6.23. The third-order valence-electron chi connectivity index (χ3n) is 7.81. The van der Waals surface area contributed by atoms with E-state index < -0.39 is 6.29 Å². The molecule has 4 aromatic carbocycles. The molecule has 4 N–H and O–H groups in total. The molecule has 0 aliphatic carbocycles. The van der Waals surface area contributed by atoms with Gasteiger partial charge in [-0.2, -0.15) is 11.8 Å². The van der Waals surface area contributed by atoms with Gasteiger partial charge in [0.05, 0.1) is 25.4 Å². The van der Waals surface area contributed by atoms with E-state index in [1.165, 1.54) is 0 Å². The van der Waals surface area contributed by atoms with Crippen molar-refractivity contribution in [1.29, 1.82) is 0 Å². The standard InChI is InChI=1S/C36H40N2O5S/c1-25-33(24-44-18-17-39)42-35(43-34(25)29-15-13-27(23-40)14-16-29)32-12-6-11-31(20-32)30-10-5-9-28(19-30)22-38-36(41)37-21-26-7-3-2-4-8-26/h2-16,19-20,25,33-35,39-40H,17-18,21-24H2,1H3,(H2,37,38,41). The molecule has 4 aromatic rings. The molecule has 0 radical (unpaired) electrons. The first kappa shape index (κ1) is 31.8. The summed E-state index contributed by atoms with van der Waals surface area (Å²) in [6.45, 7) is 3.15. The van der Waals surface area contributed by atoms with Crippen molar-refractivity contribution >= 4 is 17.8 Å². The second-order valence-electron chi connectivity index (χ2n) is 11.0. The summed E-state index contributed by atoms with van der Waals surface area (Å²) < 4.78 is 13.2. The molecule has 8 heteroatoms. The molecule has 0 spiro atoms. The summed E-state index contributed by atoms with van der Waals surface area (Å²) in [6, 6.07) is 33.8. The van der Waals surface area contributed by atoms with Gasteiger partial charge >= 0.3 is 6.03 Å². The number of hydrogen-bond acceptors (Lipinski definition) is 6. The SMILES string of the molecule is CC1C(CSCCO)OC(c2cccc(-c3cccc(CNC(=O)NCc4ccccc4)c3)c2)OC1c1ccc(CO)cc1. The quantitative estimate of drug-likeness (QED) is 0.139. The molecule has 1 fully saturated rings. The fourth-order valence-electron chi connectivity index (χ4n) is 5.32. The summed E-state index contributed by atoms with van der Waals surface area (Å²) in [5.74, 6) is 1.50. The van der Waals surface area contributed by atoms with Crippen LogP contribution in [0.3, 0.4) is 0 Å². The minimum atomic E-state index is -0.563. The molecule has 230 valence electrons. The lowest BCUT2D eigenvalue weighted by atomic mass is 9.91. The lowest BCUT2D eigenvalue weighted by Gasteiger charge is -2.41. The van der Waals surface area contributed by atoms with Crippen LogP contribution < -0.4 is 10.6 Å². The van der Waals surface area contributed by atoms with Crippen molar-refractivity contribution in [2.45, 2.75) is 45.1 Å². The van der Waals surface area contributed by atoms with Crippen LogP contribution in [0, 0.1) is 5.92 Å². The molecular weight excluding hydrogens is 572 g/mol. The van der Waals surface area contributed by atoms with Crippen molar-refractivity contribution in [2.75, 3.05) is 18.1 Å². The van der Waals surface area contributed by atoms with Crippen molar-refractivity contribution in [3.63, 3.8) is 0 Å². The number of benzene rings is 4. The van der Waals surface area contributed by atoms with Crippen molar-refractivity contribution in [3.05, 3.63) is 131 Å². The Hall–Kier alpha value is -3.66. The Morgan fingerprint density at radius 1 is 0.750 bits per heavy atom. The van der Waals surface area contributed by atoms with E-state index in [2.05, 4.69) is 41.8 Å². The van der Waals surface area contributed by atoms with Gasteiger partial charge in [-0.3, -0.25) is 0 Å². The summed E-state index contributed by atoms with van der Waals surface area (Å²) in [5, 5.41) is 24.7. The Morgan fingerprint density at radius 3 is 2.16 bits per heavy atom. The minimum Gasteiger partial charge on any atom is -0.396 e. The normalized spacial score (nSPS) is 19.8. The molecule has 0 aromatic heterocycles. The van der Waals surface area contributed by atoms with Crippen molar-refractivity contribution in [2.24, 2.45) is 5.92 Å². The van der Waals surface area contributed by atoms with Gasteiger partial charge in [-0.15, -0.1) is 0 Å². The molecular formula is C36H40N2O5S. The van der Waals surface area contributed by atoms with Gasteiger partial charge in [0.1, 0.15) is 0 Å². The van der Waals surface area contributed by atoms with Crippen LogP contribution in [-0.2, 0) is 29.2 Å². The molecule has 0 bridgehead atoms. The van der Waals surface area contributed by atoms with Gasteiger partial charge in [-0.05, 0) is 45.5 Å². The number of hydrogen-bond donors (Lipinski definition) is 4. The molecule has 7 nitrogen and oxygen atoms in total. The van der Waals surface area contributed by atoms with Crippen LogP contribution in [0.5, 0.6) is 0 Å². The summed E-state index contributed by atoms with van der Waals surface area (Å²) in [4.78, 5) is 12.4. The number of ether oxygens (including phenoxy) is 2. The maximum Gasteiger partial charge on any atom is 0.315 e. The van der Waals surface area contributed by atoms with Crippen LogP contribution in [0.25, 0.3) is 11.1 Å². The molecule has 4 atom stereocenters. The van der Waals surface area contributed by atoms with Crippen LogP contribution >= 0.6 is 11.8 Å². The smallest absolute Gasteiger partial charge is 0.315 e. The van der Waals surface area contributed by atoms with Crippen LogP contribution in [-0.4, -0.2) is 40.5 Å². The topological polar surface area (TPSA) is 100 Å². The van der Waals surface area contributed by atoms with Crippen molar-refractivity contribution < 1.29 is 24.5 Å². The summed E-state index contributed by atoms with van der Waals surface area (Å²) >= 11 is 1.68. The van der Waals surface area contributed by atoms with E-state index in [-0.39, 0.29) is 37.4 Å². The number of amides is 2. The van der Waals surface area contributed by atoms with E-state index in [0.717, 1.165) is 44.7 Å². The first-order valence-corrected chi connectivity index (χ1v) is 16.1. The van der Waals surface area contributed by atoms with Crippen LogP contribution in [0.15, 0.2) is 103 Å². The lowest BCUT2D eigenvalue weighted by Crippen LogP contribution is -2.38. The van der Waals surface area contributed by atoms with E-state index >= 15 is 0 Å². The molecule has 4 unspecified atom stereocenters. The first-order chi connectivity index (χ1) is 21.5. The van der Waals surface area contributed by atoms with Crippen molar-refractivity contribution in [3.8, 4) is 11.1 Å². The Kier molecular flexibility index (Phi) is 11.5. The molecule has 1 aliphatic heterocycles. The highest BCUT2D eigenvalue weighted by atomic mass is 32.2. The van der Waals surface area contributed by atoms with Gasteiger partial charge < -0.3 is 30.3 Å². The molecule has 1 aliphatic rings. The minimum absolute atomic E-state index is 0.000964.